The fraction of sp³-hybridized carbons (Fsp3) is 0.600. The summed E-state index contributed by atoms with van der Waals surface area (Å²) in [4.78, 5) is 0.309. The number of nitrogens with zero attached hydrogens (tertiary/aromatic N) is 1. The van der Waals surface area contributed by atoms with E-state index in [1.54, 1.807) is 6.92 Å². The van der Waals surface area contributed by atoms with E-state index in [9.17, 15) is 16.8 Å². The second-order valence-corrected chi connectivity index (χ2v) is 10.0. The number of nitrogens with one attached hydrogen (secondary N) is 1. The Labute approximate surface area is 138 Å². The molecule has 130 valence electrons. The highest BCUT2D eigenvalue weighted by Crippen LogP contribution is 2.24. The molecule has 1 unspecified atom stereocenters. The van der Waals surface area contributed by atoms with E-state index in [2.05, 4.69) is 5.32 Å². The highest BCUT2D eigenvalue weighted by Gasteiger charge is 2.30. The van der Waals surface area contributed by atoms with Gasteiger partial charge in [0.1, 0.15) is 0 Å². The largest absolute Gasteiger partial charge is 0.319 e. The smallest absolute Gasteiger partial charge is 0.243 e. The minimum absolute atomic E-state index is 0.00306. The number of benzene rings is 1. The van der Waals surface area contributed by atoms with Crippen molar-refractivity contribution in [3.8, 4) is 0 Å². The Kier molecular flexibility index (Phi) is 5.83. The average molecular weight is 361 g/mol. The van der Waals surface area contributed by atoms with Gasteiger partial charge in [0.15, 0.2) is 9.84 Å². The number of sulfone groups is 1. The van der Waals surface area contributed by atoms with Crippen molar-refractivity contribution >= 4 is 19.9 Å². The lowest BCUT2D eigenvalue weighted by atomic mass is 10.00. The van der Waals surface area contributed by atoms with Crippen LogP contribution in [0.25, 0.3) is 0 Å². The van der Waals surface area contributed by atoms with Crippen LogP contribution in [0.1, 0.15) is 19.8 Å². The third-order valence-electron chi connectivity index (χ3n) is 4.18. The van der Waals surface area contributed by atoms with Crippen molar-refractivity contribution in [2.75, 3.05) is 32.4 Å². The molecule has 1 aromatic carbocycles. The van der Waals surface area contributed by atoms with Gasteiger partial charge in [0, 0.05) is 13.1 Å². The Bertz CT molecular complexity index is 725. The minimum Gasteiger partial charge on any atom is -0.319 e. The molecule has 1 saturated heterocycles. The summed E-state index contributed by atoms with van der Waals surface area (Å²) >= 11 is 0. The van der Waals surface area contributed by atoms with Gasteiger partial charge in [-0.1, -0.05) is 6.92 Å². The molecular formula is C15H24N2O4S2. The van der Waals surface area contributed by atoms with E-state index >= 15 is 0 Å². The molecule has 1 aromatic rings. The first kappa shape index (κ1) is 18.4. The normalized spacial score (nSPS) is 20.5. The van der Waals surface area contributed by atoms with Crippen molar-refractivity contribution < 1.29 is 16.8 Å². The second-order valence-electron chi connectivity index (χ2n) is 5.80. The Balaban J connectivity index is 2.22. The molecule has 23 heavy (non-hydrogen) atoms. The van der Waals surface area contributed by atoms with Crippen LogP contribution in [0.4, 0.5) is 0 Å². The fourth-order valence-corrected chi connectivity index (χ4v) is 5.27. The van der Waals surface area contributed by atoms with Crippen LogP contribution in [0.2, 0.25) is 0 Å². The van der Waals surface area contributed by atoms with Gasteiger partial charge in [-0.15, -0.1) is 0 Å². The third-order valence-corrected chi connectivity index (χ3v) is 7.81. The number of sulfonamides is 1. The number of piperidine rings is 1. The molecule has 1 atom stereocenters. The van der Waals surface area contributed by atoms with Gasteiger partial charge >= 0.3 is 0 Å². The van der Waals surface area contributed by atoms with Gasteiger partial charge in [-0.2, -0.15) is 4.31 Å². The number of rotatable bonds is 6. The van der Waals surface area contributed by atoms with Gasteiger partial charge in [-0.25, -0.2) is 16.8 Å². The monoisotopic (exact) mass is 360 g/mol. The standard InChI is InChI=1S/C15H24N2O4S2/c1-3-22(18,19)14-6-8-15(9-7-14)23(20,21)17-10-4-5-13(12-17)11-16-2/h6-9,13,16H,3-5,10-12H2,1-2H3. The lowest BCUT2D eigenvalue weighted by Crippen LogP contribution is -2.42. The summed E-state index contributed by atoms with van der Waals surface area (Å²) in [7, 11) is -5.03. The molecule has 1 heterocycles. The third kappa shape index (κ3) is 4.12. The van der Waals surface area contributed by atoms with E-state index in [4.69, 9.17) is 0 Å². The predicted octanol–water partition coefficient (Wildman–Crippen LogP) is 1.10. The zero-order chi connectivity index (χ0) is 17.1. The van der Waals surface area contributed by atoms with Crippen molar-refractivity contribution in [1.29, 1.82) is 0 Å². The summed E-state index contributed by atoms with van der Waals surface area (Å²) in [5.74, 6) is 0.306. The quantitative estimate of drug-likeness (QED) is 0.821. The fourth-order valence-electron chi connectivity index (χ4n) is 2.84. The van der Waals surface area contributed by atoms with Crippen LogP contribution in [-0.4, -0.2) is 53.6 Å². The summed E-state index contributed by atoms with van der Waals surface area (Å²) in [6.45, 7) is 3.37. The molecule has 2 rings (SSSR count). The first-order valence-electron chi connectivity index (χ1n) is 7.79. The Hall–Kier alpha value is -0.960. The van der Waals surface area contributed by atoms with Gasteiger partial charge in [0.05, 0.1) is 15.5 Å². The molecule has 0 aliphatic carbocycles. The molecule has 1 N–H and O–H groups in total. The molecule has 1 fully saturated rings. The zero-order valence-corrected chi connectivity index (χ0v) is 15.2. The number of hydrogen-bond donors (Lipinski definition) is 1. The van der Waals surface area contributed by atoms with Crippen molar-refractivity contribution in [3.05, 3.63) is 24.3 Å². The Morgan fingerprint density at radius 1 is 1.13 bits per heavy atom. The van der Waals surface area contributed by atoms with Gasteiger partial charge < -0.3 is 5.32 Å². The highest BCUT2D eigenvalue weighted by molar-refractivity contribution is 7.91. The van der Waals surface area contributed by atoms with Crippen molar-refractivity contribution in [2.45, 2.75) is 29.6 Å². The molecule has 0 radical (unpaired) electrons. The summed E-state index contributed by atoms with van der Waals surface area (Å²) in [5.41, 5.74) is 0. The van der Waals surface area contributed by atoms with Crippen LogP contribution in [0.3, 0.4) is 0 Å². The highest BCUT2D eigenvalue weighted by atomic mass is 32.2. The predicted molar refractivity (Wildman–Crippen MR) is 89.6 cm³/mol. The van der Waals surface area contributed by atoms with Crippen LogP contribution in [0, 0.1) is 5.92 Å². The molecule has 0 bridgehead atoms. The van der Waals surface area contributed by atoms with Gasteiger partial charge in [-0.3, -0.25) is 0 Å². The van der Waals surface area contributed by atoms with E-state index in [1.807, 2.05) is 7.05 Å². The minimum atomic E-state index is -3.57. The first-order valence-corrected chi connectivity index (χ1v) is 10.9. The summed E-state index contributed by atoms with van der Waals surface area (Å²) < 4.78 is 50.6. The SMILES string of the molecule is CCS(=O)(=O)c1ccc(S(=O)(=O)N2CCCC(CNC)C2)cc1. The molecule has 6 nitrogen and oxygen atoms in total. The van der Waals surface area contributed by atoms with Crippen molar-refractivity contribution in [3.63, 3.8) is 0 Å². The summed E-state index contributed by atoms with van der Waals surface area (Å²) in [6, 6.07) is 5.53. The lowest BCUT2D eigenvalue weighted by molar-refractivity contribution is 0.263. The van der Waals surface area contributed by atoms with Crippen molar-refractivity contribution in [1.82, 2.24) is 9.62 Å². The zero-order valence-electron chi connectivity index (χ0n) is 13.5. The molecule has 1 aliphatic rings. The Morgan fingerprint density at radius 2 is 1.74 bits per heavy atom. The van der Waals surface area contributed by atoms with Crippen LogP contribution in [-0.2, 0) is 19.9 Å². The van der Waals surface area contributed by atoms with Gasteiger partial charge in [-0.05, 0) is 56.6 Å². The second kappa shape index (κ2) is 7.29. The lowest BCUT2D eigenvalue weighted by Gasteiger charge is -2.31. The Morgan fingerprint density at radius 3 is 2.30 bits per heavy atom. The first-order chi connectivity index (χ1) is 10.8. The topological polar surface area (TPSA) is 83.5 Å². The van der Waals surface area contributed by atoms with E-state index in [-0.39, 0.29) is 15.5 Å². The van der Waals surface area contributed by atoms with Gasteiger partial charge in [0.25, 0.3) is 0 Å². The van der Waals surface area contributed by atoms with Gasteiger partial charge in [0.2, 0.25) is 10.0 Å². The molecule has 8 heteroatoms. The van der Waals surface area contributed by atoms with Crippen LogP contribution in [0.5, 0.6) is 0 Å². The summed E-state index contributed by atoms with van der Waals surface area (Å²) in [6.07, 6.45) is 1.86. The van der Waals surface area contributed by atoms with Crippen LogP contribution in [0.15, 0.2) is 34.1 Å². The molecule has 0 spiro atoms. The van der Waals surface area contributed by atoms with E-state index in [0.717, 1.165) is 19.4 Å². The maximum atomic E-state index is 12.7. The molecule has 0 aromatic heterocycles. The van der Waals surface area contributed by atoms with E-state index in [0.29, 0.717) is 19.0 Å². The molecule has 0 saturated carbocycles. The van der Waals surface area contributed by atoms with E-state index in [1.165, 1.54) is 28.6 Å². The van der Waals surface area contributed by atoms with Crippen LogP contribution < -0.4 is 5.32 Å². The number of hydrogen-bond acceptors (Lipinski definition) is 5. The average Bonchev–Trinajstić information content (AvgIpc) is 2.55. The molecular weight excluding hydrogens is 336 g/mol. The summed E-state index contributed by atoms with van der Waals surface area (Å²) in [5, 5.41) is 3.09. The maximum absolute atomic E-state index is 12.7. The molecule has 0 amide bonds. The van der Waals surface area contributed by atoms with Crippen LogP contribution >= 0.6 is 0 Å². The molecule has 1 aliphatic heterocycles. The van der Waals surface area contributed by atoms with E-state index < -0.39 is 19.9 Å². The maximum Gasteiger partial charge on any atom is 0.243 e. The van der Waals surface area contributed by atoms with Crippen molar-refractivity contribution in [2.24, 2.45) is 5.92 Å².